The molecule has 4 aromatic heterocycles. The molecule has 1 N–H and O–H groups in total. The Bertz CT molecular complexity index is 1410. The minimum atomic E-state index is -4.06. The molecular weight excluding hydrogens is 528 g/mol. The minimum Gasteiger partial charge on any atom is -0.481 e. The van der Waals surface area contributed by atoms with Gasteiger partial charge in [-0.2, -0.15) is 0 Å². The van der Waals surface area contributed by atoms with E-state index in [1.165, 1.54) is 44.9 Å². The zero-order chi connectivity index (χ0) is 25.9. The molecule has 0 radical (unpaired) electrons. The van der Waals surface area contributed by atoms with Crippen LogP contribution in [0.25, 0.3) is 11.5 Å². The molecular formula is C21H23ClN8O4S2. The number of nitrogens with one attached hydrogen (secondary N) is 1. The number of nitrogens with zero attached hydrogens (tertiary/aromatic N) is 7. The average molecular weight is 551 g/mol. The lowest BCUT2D eigenvalue weighted by molar-refractivity contribution is 0.0950. The van der Waals surface area contributed by atoms with Crippen LogP contribution in [0.15, 0.2) is 42.3 Å². The Morgan fingerprint density at radius 3 is 2.50 bits per heavy atom. The first-order chi connectivity index (χ1) is 17.2. The van der Waals surface area contributed by atoms with Crippen molar-refractivity contribution in [2.24, 2.45) is 0 Å². The summed E-state index contributed by atoms with van der Waals surface area (Å²) in [5.41, 5.74) is 2.15. The Balaban J connectivity index is 1.73. The molecule has 15 heteroatoms. The third-order valence-corrected chi connectivity index (χ3v) is 8.24. The van der Waals surface area contributed by atoms with Crippen LogP contribution in [0, 0.1) is 0 Å². The number of halogens is 1. The van der Waals surface area contributed by atoms with Crippen LogP contribution in [-0.4, -0.2) is 62.6 Å². The molecule has 4 rings (SSSR count). The molecule has 0 saturated carbocycles. The van der Waals surface area contributed by atoms with Gasteiger partial charge in [-0.05, 0) is 19.9 Å². The van der Waals surface area contributed by atoms with Gasteiger partial charge in [0.1, 0.15) is 17.0 Å². The van der Waals surface area contributed by atoms with Crippen LogP contribution in [0.3, 0.4) is 0 Å². The number of aromatic nitrogens is 7. The molecule has 4 aromatic rings. The number of hydrogen-bond acceptors (Lipinski definition) is 11. The van der Waals surface area contributed by atoms with Crippen molar-refractivity contribution in [3.63, 3.8) is 0 Å². The van der Waals surface area contributed by atoms with Gasteiger partial charge in [0.2, 0.25) is 21.9 Å². The highest BCUT2D eigenvalue weighted by atomic mass is 35.5. The molecule has 0 amide bonds. The molecule has 0 aliphatic heterocycles. The van der Waals surface area contributed by atoms with E-state index in [4.69, 9.17) is 21.1 Å². The van der Waals surface area contributed by atoms with Crippen molar-refractivity contribution in [2.45, 2.75) is 31.2 Å². The van der Waals surface area contributed by atoms with E-state index in [2.05, 4.69) is 34.9 Å². The van der Waals surface area contributed by atoms with Gasteiger partial charge in [-0.15, -0.1) is 21.5 Å². The summed E-state index contributed by atoms with van der Waals surface area (Å²) in [5.74, 6) is 0.924. The highest BCUT2D eigenvalue weighted by molar-refractivity contribution is 7.93. The summed E-state index contributed by atoms with van der Waals surface area (Å²) in [6.07, 6.45) is 3.50. The van der Waals surface area contributed by atoms with E-state index in [1.54, 1.807) is 34.5 Å². The van der Waals surface area contributed by atoms with Gasteiger partial charge in [0.05, 0.1) is 23.7 Å². The van der Waals surface area contributed by atoms with Crippen LogP contribution in [0.2, 0.25) is 5.02 Å². The first-order valence-electron chi connectivity index (χ1n) is 10.6. The summed E-state index contributed by atoms with van der Waals surface area (Å²) in [7, 11) is -1.17. The lowest BCUT2D eigenvalue weighted by atomic mass is 10.2. The summed E-state index contributed by atoms with van der Waals surface area (Å²) in [6.45, 7) is 3.38. The molecule has 0 saturated heterocycles. The Kier molecular flexibility index (Phi) is 7.78. The van der Waals surface area contributed by atoms with E-state index in [1.807, 2.05) is 6.92 Å². The fourth-order valence-corrected chi connectivity index (χ4v) is 5.38. The number of ether oxygens (including phenoxy) is 2. The van der Waals surface area contributed by atoms with Gasteiger partial charge >= 0.3 is 0 Å². The second kappa shape index (κ2) is 10.8. The van der Waals surface area contributed by atoms with Crippen molar-refractivity contribution < 1.29 is 17.9 Å². The number of sulfonamides is 1. The van der Waals surface area contributed by atoms with Gasteiger partial charge < -0.3 is 9.47 Å². The van der Waals surface area contributed by atoms with E-state index in [0.29, 0.717) is 22.4 Å². The van der Waals surface area contributed by atoms with Crippen LogP contribution in [0.4, 0.5) is 5.95 Å². The molecule has 36 heavy (non-hydrogen) atoms. The van der Waals surface area contributed by atoms with Gasteiger partial charge in [-0.25, -0.2) is 23.4 Å². The van der Waals surface area contributed by atoms with Crippen LogP contribution < -0.4 is 9.46 Å². The first-order valence-corrected chi connectivity index (χ1v) is 13.4. The summed E-state index contributed by atoms with van der Waals surface area (Å²) in [6, 6.07) is 4.84. The Labute approximate surface area is 216 Å². The first kappa shape index (κ1) is 25.9. The third-order valence-electron chi connectivity index (χ3n) is 5.41. The molecule has 190 valence electrons. The molecule has 0 spiro atoms. The zero-order valence-corrected chi connectivity index (χ0v) is 22.1. The third kappa shape index (κ3) is 5.31. The lowest BCUT2D eigenvalue weighted by Crippen LogP contribution is -2.33. The Morgan fingerprint density at radius 1 is 1.11 bits per heavy atom. The van der Waals surface area contributed by atoms with Gasteiger partial charge in [-0.1, -0.05) is 17.7 Å². The number of anilines is 1. The average Bonchev–Trinajstić information content (AvgIpc) is 3.55. The summed E-state index contributed by atoms with van der Waals surface area (Å²) < 4.78 is 41.8. The second-order valence-electron chi connectivity index (χ2n) is 7.63. The molecule has 4 heterocycles. The maximum atomic E-state index is 13.4. The van der Waals surface area contributed by atoms with Gasteiger partial charge in [0.25, 0.3) is 0 Å². The SMILES string of the molecule is COc1cccc(-c2nnc(NS(=O)(=O)[C@@H](C)[C@H](OC)c3ncc(Cl)cn3)n2[C@@H](C)c2cncs2)n1. The standard InChI is InChI=1S/C21H23ClN8O4S2/c1-12(16-10-23-11-35-16)30-20(15-6-5-7-17(26-15)33-3)27-28-21(30)29-36(31,32)13(2)18(34-4)19-24-8-14(22)9-25-19/h5-13,18H,1-4H3,(H,28,29)/t12-,13-,18-/m0/s1. The number of methoxy groups -OCH3 is 2. The minimum absolute atomic E-state index is 0.00856. The number of rotatable bonds is 10. The van der Waals surface area contributed by atoms with Crippen molar-refractivity contribution in [1.82, 2.24) is 34.7 Å². The fourth-order valence-electron chi connectivity index (χ4n) is 3.47. The van der Waals surface area contributed by atoms with Crippen LogP contribution in [0.5, 0.6) is 5.88 Å². The molecule has 3 atom stereocenters. The molecule has 0 fully saturated rings. The highest BCUT2D eigenvalue weighted by Crippen LogP contribution is 2.32. The molecule has 0 aliphatic rings. The molecule has 0 aromatic carbocycles. The predicted molar refractivity (Wildman–Crippen MR) is 135 cm³/mol. The normalized spacial score (nSPS) is 14.2. The molecule has 0 aliphatic carbocycles. The topological polar surface area (TPSA) is 147 Å². The van der Waals surface area contributed by atoms with E-state index in [-0.39, 0.29) is 17.8 Å². The van der Waals surface area contributed by atoms with E-state index in [0.717, 1.165) is 4.88 Å². The highest BCUT2D eigenvalue weighted by Gasteiger charge is 2.35. The number of pyridine rings is 1. The van der Waals surface area contributed by atoms with Crippen molar-refractivity contribution in [3.05, 3.63) is 58.0 Å². The van der Waals surface area contributed by atoms with E-state index in [9.17, 15) is 8.42 Å². The summed E-state index contributed by atoms with van der Waals surface area (Å²) >= 11 is 7.29. The lowest BCUT2D eigenvalue weighted by Gasteiger charge is -2.23. The quantitative estimate of drug-likeness (QED) is 0.311. The van der Waals surface area contributed by atoms with Crippen molar-refractivity contribution in [1.29, 1.82) is 0 Å². The number of hydrogen-bond donors (Lipinski definition) is 1. The van der Waals surface area contributed by atoms with Gasteiger partial charge in [0, 0.05) is 36.6 Å². The Hall–Kier alpha value is -3.20. The van der Waals surface area contributed by atoms with E-state index >= 15 is 0 Å². The fraction of sp³-hybridized carbons (Fsp3) is 0.333. The van der Waals surface area contributed by atoms with Crippen molar-refractivity contribution in [2.75, 3.05) is 18.9 Å². The predicted octanol–water partition coefficient (Wildman–Crippen LogP) is 3.38. The molecule has 0 bridgehead atoms. The molecule has 0 unspecified atom stereocenters. The van der Waals surface area contributed by atoms with Gasteiger partial charge in [-0.3, -0.25) is 14.3 Å². The number of thiazole rings is 1. The monoisotopic (exact) mass is 550 g/mol. The van der Waals surface area contributed by atoms with Crippen LogP contribution >= 0.6 is 22.9 Å². The zero-order valence-electron chi connectivity index (χ0n) is 19.7. The van der Waals surface area contributed by atoms with Crippen LogP contribution in [0.1, 0.15) is 36.7 Å². The Morgan fingerprint density at radius 2 is 1.86 bits per heavy atom. The molecule has 12 nitrogen and oxygen atoms in total. The van der Waals surface area contributed by atoms with Crippen molar-refractivity contribution in [3.8, 4) is 17.4 Å². The largest absolute Gasteiger partial charge is 0.481 e. The van der Waals surface area contributed by atoms with Crippen molar-refractivity contribution >= 4 is 38.9 Å². The smallest absolute Gasteiger partial charge is 0.240 e. The second-order valence-corrected chi connectivity index (χ2v) is 11.0. The summed E-state index contributed by atoms with van der Waals surface area (Å²) in [4.78, 5) is 17.7. The van der Waals surface area contributed by atoms with Gasteiger partial charge in [0.15, 0.2) is 11.6 Å². The van der Waals surface area contributed by atoms with Crippen LogP contribution in [-0.2, 0) is 14.8 Å². The van der Waals surface area contributed by atoms with E-state index < -0.39 is 21.4 Å². The summed E-state index contributed by atoms with van der Waals surface area (Å²) in [5, 5.41) is 7.64. The maximum absolute atomic E-state index is 13.4. The maximum Gasteiger partial charge on any atom is 0.240 e.